The molecule has 3 nitrogen and oxygen atoms in total. The maximum absolute atomic E-state index is 11.3. The van der Waals surface area contributed by atoms with Gasteiger partial charge in [-0.2, -0.15) is 0 Å². The van der Waals surface area contributed by atoms with Gasteiger partial charge in [-0.3, -0.25) is 0 Å². The Morgan fingerprint density at radius 2 is 2.06 bits per heavy atom. The van der Waals surface area contributed by atoms with E-state index in [9.17, 15) is 9.90 Å². The number of hydrogen-bond acceptors (Lipinski definition) is 2. The predicted molar refractivity (Wildman–Crippen MR) is 71.6 cm³/mol. The fourth-order valence-corrected chi connectivity index (χ4v) is 1.60. The van der Waals surface area contributed by atoms with E-state index in [4.69, 9.17) is 4.74 Å². The van der Waals surface area contributed by atoms with Crippen molar-refractivity contribution in [1.29, 1.82) is 0 Å². The van der Waals surface area contributed by atoms with Crippen molar-refractivity contribution >= 4 is 5.97 Å². The topological polar surface area (TPSA) is 46.5 Å². The van der Waals surface area contributed by atoms with Crippen LogP contribution in [0.4, 0.5) is 0 Å². The van der Waals surface area contributed by atoms with Crippen molar-refractivity contribution in [1.82, 2.24) is 0 Å². The Bertz CT molecular complexity index is 397. The Hall–Kier alpha value is -1.61. The molecule has 1 rings (SSSR count). The number of hydrogen-bond donors (Lipinski definition) is 1. The molecule has 0 spiro atoms. The van der Waals surface area contributed by atoms with Gasteiger partial charge < -0.3 is 9.84 Å². The maximum Gasteiger partial charge on any atom is 0.335 e. The summed E-state index contributed by atoms with van der Waals surface area (Å²) in [6, 6.07) is 9.84. The van der Waals surface area contributed by atoms with Crippen LogP contribution in [0.25, 0.3) is 0 Å². The number of aliphatic carboxylic acids is 1. The molecular weight excluding hydrogens is 228 g/mol. The first-order valence-electron chi connectivity index (χ1n) is 6.11. The van der Waals surface area contributed by atoms with Gasteiger partial charge in [0.25, 0.3) is 0 Å². The van der Waals surface area contributed by atoms with E-state index in [0.717, 1.165) is 5.56 Å². The fraction of sp³-hybridized carbons (Fsp3) is 0.400. The largest absolute Gasteiger partial charge is 0.479 e. The van der Waals surface area contributed by atoms with Crippen LogP contribution in [0.5, 0.6) is 0 Å². The molecule has 0 bridgehead atoms. The first kappa shape index (κ1) is 14.5. The molecule has 1 atom stereocenters. The van der Waals surface area contributed by atoms with Crippen LogP contribution in [-0.4, -0.2) is 23.3 Å². The normalized spacial score (nSPS) is 14.6. The number of rotatable bonds is 7. The zero-order chi connectivity index (χ0) is 13.4. The van der Waals surface area contributed by atoms with Crippen LogP contribution in [0.2, 0.25) is 0 Å². The summed E-state index contributed by atoms with van der Waals surface area (Å²) < 4.78 is 5.47. The zero-order valence-electron chi connectivity index (χ0n) is 10.9. The lowest BCUT2D eigenvalue weighted by Gasteiger charge is -2.24. The molecule has 0 amide bonds. The molecule has 18 heavy (non-hydrogen) atoms. The van der Waals surface area contributed by atoms with Gasteiger partial charge in [0, 0.05) is 0 Å². The van der Waals surface area contributed by atoms with E-state index < -0.39 is 11.6 Å². The second-order valence-electron chi connectivity index (χ2n) is 4.40. The first-order chi connectivity index (χ1) is 8.58. The lowest BCUT2D eigenvalue weighted by Crippen LogP contribution is -2.39. The molecule has 0 radical (unpaired) electrons. The maximum atomic E-state index is 11.3. The Kier molecular flexibility index (Phi) is 5.59. The van der Waals surface area contributed by atoms with Crippen LogP contribution in [0, 0.1) is 0 Å². The monoisotopic (exact) mass is 248 g/mol. The van der Waals surface area contributed by atoms with Gasteiger partial charge in [-0.05, 0) is 32.3 Å². The standard InChI is InChI=1S/C15H20O3/c1-3-4-12-18-15(2,14(16)17)11-10-13-8-6-5-7-9-13/h3-9H,10-12H2,1-2H3,(H,16,17). The number of carbonyl (C=O) groups is 1. The van der Waals surface area contributed by atoms with Crippen LogP contribution < -0.4 is 0 Å². The average molecular weight is 248 g/mol. The predicted octanol–water partition coefficient (Wildman–Crippen LogP) is 3.06. The van der Waals surface area contributed by atoms with E-state index in [1.807, 2.05) is 49.4 Å². The van der Waals surface area contributed by atoms with E-state index in [-0.39, 0.29) is 0 Å². The summed E-state index contributed by atoms with van der Waals surface area (Å²) in [6.07, 6.45) is 4.81. The molecule has 1 N–H and O–H groups in total. The number of aryl methyl sites for hydroxylation is 1. The van der Waals surface area contributed by atoms with Crippen LogP contribution in [0.1, 0.15) is 25.8 Å². The lowest BCUT2D eigenvalue weighted by atomic mass is 9.96. The van der Waals surface area contributed by atoms with Crippen molar-refractivity contribution in [2.24, 2.45) is 0 Å². The molecule has 1 aromatic carbocycles. The van der Waals surface area contributed by atoms with Gasteiger partial charge in [-0.15, -0.1) is 0 Å². The third kappa shape index (κ3) is 4.34. The molecule has 0 fully saturated rings. The fourth-order valence-electron chi connectivity index (χ4n) is 1.60. The SMILES string of the molecule is CC=CCOC(C)(CCc1ccccc1)C(=O)O. The highest BCUT2D eigenvalue weighted by molar-refractivity contribution is 5.76. The van der Waals surface area contributed by atoms with Crippen molar-refractivity contribution in [2.75, 3.05) is 6.61 Å². The second kappa shape index (κ2) is 6.97. The second-order valence-corrected chi connectivity index (χ2v) is 4.40. The molecular formula is C15H20O3. The van der Waals surface area contributed by atoms with Crippen molar-refractivity contribution in [3.05, 3.63) is 48.0 Å². The first-order valence-corrected chi connectivity index (χ1v) is 6.11. The quantitative estimate of drug-likeness (QED) is 0.754. The molecule has 98 valence electrons. The molecule has 3 heteroatoms. The van der Waals surface area contributed by atoms with Gasteiger partial charge in [0.15, 0.2) is 5.60 Å². The minimum atomic E-state index is -1.13. The molecule has 0 aliphatic rings. The van der Waals surface area contributed by atoms with E-state index in [0.29, 0.717) is 19.4 Å². The molecule has 0 saturated carbocycles. The van der Waals surface area contributed by atoms with E-state index >= 15 is 0 Å². The zero-order valence-corrected chi connectivity index (χ0v) is 10.9. The summed E-state index contributed by atoms with van der Waals surface area (Å²) in [5.41, 5.74) is -0.00497. The summed E-state index contributed by atoms with van der Waals surface area (Å²) in [5.74, 6) is -0.914. The Labute approximate surface area is 108 Å². The van der Waals surface area contributed by atoms with Crippen molar-refractivity contribution < 1.29 is 14.6 Å². The van der Waals surface area contributed by atoms with Crippen LogP contribution in [0.15, 0.2) is 42.5 Å². The minimum Gasteiger partial charge on any atom is -0.479 e. The highest BCUT2D eigenvalue weighted by atomic mass is 16.5. The third-order valence-electron chi connectivity index (χ3n) is 2.92. The van der Waals surface area contributed by atoms with E-state index in [1.165, 1.54) is 0 Å². The molecule has 1 unspecified atom stereocenters. The summed E-state index contributed by atoms with van der Waals surface area (Å²) in [5, 5.41) is 9.26. The number of benzene rings is 1. The third-order valence-corrected chi connectivity index (χ3v) is 2.92. The molecule has 0 saturated heterocycles. The van der Waals surface area contributed by atoms with Gasteiger partial charge in [0.05, 0.1) is 6.61 Å². The Morgan fingerprint density at radius 3 is 2.61 bits per heavy atom. The number of ether oxygens (including phenoxy) is 1. The molecule has 0 heterocycles. The van der Waals surface area contributed by atoms with Gasteiger partial charge in [0.1, 0.15) is 0 Å². The van der Waals surface area contributed by atoms with Crippen LogP contribution in [0.3, 0.4) is 0 Å². The highest BCUT2D eigenvalue weighted by Crippen LogP contribution is 2.19. The molecule has 0 aromatic heterocycles. The number of carboxylic acid groups (broad SMARTS) is 1. The average Bonchev–Trinajstić information content (AvgIpc) is 2.38. The van der Waals surface area contributed by atoms with E-state index in [2.05, 4.69) is 0 Å². The van der Waals surface area contributed by atoms with Gasteiger partial charge in [-0.1, -0.05) is 42.5 Å². The number of carboxylic acids is 1. The van der Waals surface area contributed by atoms with Gasteiger partial charge in [0.2, 0.25) is 0 Å². The molecule has 0 aliphatic heterocycles. The highest BCUT2D eigenvalue weighted by Gasteiger charge is 2.33. The van der Waals surface area contributed by atoms with Crippen molar-refractivity contribution in [3.8, 4) is 0 Å². The van der Waals surface area contributed by atoms with Crippen LogP contribution in [-0.2, 0) is 16.0 Å². The Balaban J connectivity index is 2.59. The summed E-state index contributed by atoms with van der Waals surface area (Å²) in [7, 11) is 0. The van der Waals surface area contributed by atoms with Gasteiger partial charge >= 0.3 is 5.97 Å². The minimum absolute atomic E-state index is 0.327. The molecule has 0 aliphatic carbocycles. The summed E-state index contributed by atoms with van der Waals surface area (Å²) in [6.45, 7) is 3.83. The summed E-state index contributed by atoms with van der Waals surface area (Å²) in [4.78, 5) is 11.3. The lowest BCUT2D eigenvalue weighted by molar-refractivity contribution is -0.163. The van der Waals surface area contributed by atoms with Crippen LogP contribution >= 0.6 is 0 Å². The smallest absolute Gasteiger partial charge is 0.335 e. The van der Waals surface area contributed by atoms with Gasteiger partial charge in [-0.25, -0.2) is 4.79 Å². The summed E-state index contributed by atoms with van der Waals surface area (Å²) >= 11 is 0. The number of allylic oxidation sites excluding steroid dienone is 1. The van der Waals surface area contributed by atoms with Crippen molar-refractivity contribution in [2.45, 2.75) is 32.3 Å². The van der Waals surface area contributed by atoms with Crippen molar-refractivity contribution in [3.63, 3.8) is 0 Å². The van der Waals surface area contributed by atoms with E-state index in [1.54, 1.807) is 6.92 Å². The molecule has 1 aromatic rings. The Morgan fingerprint density at radius 1 is 1.39 bits per heavy atom.